The second-order valence-corrected chi connectivity index (χ2v) is 5.69. The van der Waals surface area contributed by atoms with Gasteiger partial charge in [-0.15, -0.1) is 12.4 Å². The highest BCUT2D eigenvalue weighted by atomic mass is 35.5. The predicted octanol–water partition coefficient (Wildman–Crippen LogP) is 2.65. The smallest absolute Gasteiger partial charge is 0.0140 e. The molecular formula is C9H20ClNS. The molecule has 0 aromatic heterocycles. The van der Waals surface area contributed by atoms with E-state index in [1.54, 1.807) is 0 Å². The Labute approximate surface area is 87.5 Å². The zero-order valence-corrected chi connectivity index (χ0v) is 10.1. The Bertz CT molecular complexity index is 141. The van der Waals surface area contributed by atoms with Gasteiger partial charge in [-0.1, -0.05) is 0 Å². The van der Waals surface area contributed by atoms with Gasteiger partial charge >= 0.3 is 0 Å². The van der Waals surface area contributed by atoms with Crippen LogP contribution in [0.2, 0.25) is 0 Å². The molecule has 0 spiro atoms. The minimum atomic E-state index is 0. The van der Waals surface area contributed by atoms with Crippen LogP contribution in [0.5, 0.6) is 0 Å². The summed E-state index contributed by atoms with van der Waals surface area (Å²) in [5, 5.41) is 4.17. The van der Waals surface area contributed by atoms with Crippen molar-refractivity contribution in [3.63, 3.8) is 0 Å². The molecule has 0 aromatic carbocycles. The largest absolute Gasteiger partial charge is 0.307 e. The molecule has 1 heterocycles. The molecule has 0 saturated carbocycles. The third-order valence-corrected chi connectivity index (χ3v) is 2.53. The molecule has 0 bridgehead atoms. The Hall–Kier alpha value is 0.600. The van der Waals surface area contributed by atoms with Gasteiger partial charge in [0.05, 0.1) is 0 Å². The molecule has 1 rings (SSSR count). The van der Waals surface area contributed by atoms with Gasteiger partial charge < -0.3 is 5.32 Å². The van der Waals surface area contributed by atoms with E-state index in [0.717, 1.165) is 0 Å². The maximum Gasteiger partial charge on any atom is 0.0140 e. The Morgan fingerprint density at radius 3 is 1.67 bits per heavy atom. The van der Waals surface area contributed by atoms with Crippen molar-refractivity contribution in [2.45, 2.75) is 56.9 Å². The number of hydrogen-bond donors (Lipinski definition) is 2. The van der Waals surface area contributed by atoms with Gasteiger partial charge in [0.15, 0.2) is 0 Å². The third-order valence-electron chi connectivity index (χ3n) is 2.17. The van der Waals surface area contributed by atoms with Crippen LogP contribution < -0.4 is 5.32 Å². The normalized spacial score (nSPS) is 27.8. The Balaban J connectivity index is 0.00000121. The van der Waals surface area contributed by atoms with Crippen LogP contribution in [0.3, 0.4) is 0 Å². The summed E-state index contributed by atoms with van der Waals surface area (Å²) in [4.78, 5) is 0. The molecule has 1 saturated heterocycles. The van der Waals surface area contributed by atoms with Crippen LogP contribution >= 0.6 is 25.0 Å². The van der Waals surface area contributed by atoms with Crippen molar-refractivity contribution in [1.82, 2.24) is 5.32 Å². The summed E-state index contributed by atoms with van der Waals surface area (Å²) in [7, 11) is 0. The average molecular weight is 210 g/mol. The van der Waals surface area contributed by atoms with E-state index < -0.39 is 0 Å². The second kappa shape index (κ2) is 3.77. The number of rotatable bonds is 0. The first-order valence-electron chi connectivity index (χ1n) is 4.28. The van der Waals surface area contributed by atoms with Gasteiger partial charge in [-0.25, -0.2) is 0 Å². The van der Waals surface area contributed by atoms with Crippen molar-refractivity contribution in [1.29, 1.82) is 0 Å². The molecule has 12 heavy (non-hydrogen) atoms. The predicted molar refractivity (Wildman–Crippen MR) is 60.5 cm³/mol. The second-order valence-electron chi connectivity index (χ2n) is 4.95. The van der Waals surface area contributed by atoms with Crippen LogP contribution in [0, 0.1) is 0 Å². The number of piperidine rings is 1. The van der Waals surface area contributed by atoms with Crippen molar-refractivity contribution in [2.75, 3.05) is 0 Å². The zero-order chi connectivity index (χ0) is 8.70. The molecule has 1 aliphatic heterocycles. The summed E-state index contributed by atoms with van der Waals surface area (Å²) in [5.74, 6) is 0. The molecule has 1 aliphatic rings. The summed E-state index contributed by atoms with van der Waals surface area (Å²) < 4.78 is 0. The van der Waals surface area contributed by atoms with Gasteiger partial charge in [0, 0.05) is 16.3 Å². The van der Waals surface area contributed by atoms with Gasteiger partial charge in [0.2, 0.25) is 0 Å². The standard InChI is InChI=1S/C9H19NS.ClH/c1-8(2)5-7(11)6-9(3,4)10-8;/h7,10-11H,5-6H2,1-4H3;1H. The molecule has 74 valence electrons. The summed E-state index contributed by atoms with van der Waals surface area (Å²) in [5.41, 5.74) is 0.516. The highest BCUT2D eigenvalue weighted by Crippen LogP contribution is 2.30. The Kier molecular flexibility index (Phi) is 3.96. The van der Waals surface area contributed by atoms with Crippen LogP contribution in [-0.2, 0) is 0 Å². The summed E-state index contributed by atoms with van der Waals surface area (Å²) in [6.45, 7) is 8.99. The quantitative estimate of drug-likeness (QED) is 0.585. The molecule has 0 aliphatic carbocycles. The first-order valence-corrected chi connectivity index (χ1v) is 4.80. The lowest BCUT2D eigenvalue weighted by atomic mass is 9.82. The number of nitrogens with one attached hydrogen (secondary N) is 1. The first-order chi connectivity index (χ1) is 4.81. The average Bonchev–Trinajstić information content (AvgIpc) is 1.49. The SMILES string of the molecule is CC1(C)CC(S)CC(C)(C)N1.Cl. The van der Waals surface area contributed by atoms with Crippen LogP contribution in [0.1, 0.15) is 40.5 Å². The fraction of sp³-hybridized carbons (Fsp3) is 1.00. The fourth-order valence-corrected chi connectivity index (χ4v) is 3.18. The molecule has 1 N–H and O–H groups in total. The Morgan fingerprint density at radius 2 is 1.42 bits per heavy atom. The lowest BCUT2D eigenvalue weighted by molar-refractivity contribution is 0.189. The molecule has 0 amide bonds. The van der Waals surface area contributed by atoms with Crippen LogP contribution in [0.15, 0.2) is 0 Å². The maximum absolute atomic E-state index is 4.55. The monoisotopic (exact) mass is 209 g/mol. The van der Waals surface area contributed by atoms with Crippen molar-refractivity contribution in [3.05, 3.63) is 0 Å². The number of halogens is 1. The molecule has 0 unspecified atom stereocenters. The van der Waals surface area contributed by atoms with Crippen LogP contribution in [0.25, 0.3) is 0 Å². The minimum Gasteiger partial charge on any atom is -0.307 e. The van der Waals surface area contributed by atoms with Gasteiger partial charge in [0.1, 0.15) is 0 Å². The highest BCUT2D eigenvalue weighted by Gasteiger charge is 2.35. The van der Waals surface area contributed by atoms with E-state index >= 15 is 0 Å². The lowest BCUT2D eigenvalue weighted by Gasteiger charge is -2.45. The summed E-state index contributed by atoms with van der Waals surface area (Å²) >= 11 is 4.55. The van der Waals surface area contributed by atoms with E-state index in [1.807, 2.05) is 0 Å². The summed E-state index contributed by atoms with van der Waals surface area (Å²) in [6, 6.07) is 0. The fourth-order valence-electron chi connectivity index (χ4n) is 2.27. The van der Waals surface area contributed by atoms with Crippen molar-refractivity contribution in [3.8, 4) is 0 Å². The third kappa shape index (κ3) is 3.55. The van der Waals surface area contributed by atoms with E-state index in [4.69, 9.17) is 0 Å². The molecule has 1 fully saturated rings. The highest BCUT2D eigenvalue weighted by molar-refractivity contribution is 7.80. The first kappa shape index (κ1) is 12.6. The van der Waals surface area contributed by atoms with Gasteiger partial charge in [-0.05, 0) is 40.5 Å². The van der Waals surface area contributed by atoms with E-state index in [2.05, 4.69) is 45.6 Å². The topological polar surface area (TPSA) is 12.0 Å². The summed E-state index contributed by atoms with van der Waals surface area (Å²) in [6.07, 6.45) is 2.33. The van der Waals surface area contributed by atoms with Crippen LogP contribution in [0.4, 0.5) is 0 Å². The van der Waals surface area contributed by atoms with E-state index in [9.17, 15) is 0 Å². The molecule has 0 atom stereocenters. The zero-order valence-electron chi connectivity index (χ0n) is 8.35. The number of hydrogen-bond acceptors (Lipinski definition) is 2. The van der Waals surface area contributed by atoms with Gasteiger partial charge in [0.25, 0.3) is 0 Å². The van der Waals surface area contributed by atoms with Crippen molar-refractivity contribution >= 4 is 25.0 Å². The molecule has 0 radical (unpaired) electrons. The minimum absolute atomic E-state index is 0. The Morgan fingerprint density at radius 1 is 1.08 bits per heavy atom. The van der Waals surface area contributed by atoms with Crippen LogP contribution in [-0.4, -0.2) is 16.3 Å². The molecule has 0 aromatic rings. The van der Waals surface area contributed by atoms with Crippen molar-refractivity contribution < 1.29 is 0 Å². The molecule has 3 heteroatoms. The van der Waals surface area contributed by atoms with E-state index in [1.165, 1.54) is 12.8 Å². The van der Waals surface area contributed by atoms with E-state index in [0.29, 0.717) is 5.25 Å². The van der Waals surface area contributed by atoms with Crippen molar-refractivity contribution in [2.24, 2.45) is 0 Å². The maximum atomic E-state index is 4.55. The molecule has 1 nitrogen and oxygen atoms in total. The van der Waals surface area contributed by atoms with Gasteiger partial charge in [-0.3, -0.25) is 0 Å². The lowest BCUT2D eigenvalue weighted by Crippen LogP contribution is -2.58. The molecular weight excluding hydrogens is 190 g/mol. The van der Waals surface area contributed by atoms with Gasteiger partial charge in [-0.2, -0.15) is 12.6 Å². The number of thiol groups is 1. The van der Waals surface area contributed by atoms with E-state index in [-0.39, 0.29) is 23.5 Å².